The number of hydrogen-bond acceptors (Lipinski definition) is 9. The third-order valence-corrected chi connectivity index (χ3v) is 7.10. The number of sulfone groups is 1. The standard InChI is InChI=1S/C26H24ClN5O7S/c1-16(23(33)34)14-32-25(35)30-24(31(26(32)36)15-17-3-5-18(27)6-4-17)29-19-7-9-20(10-8-19)39-22-12-11-21(13-28-22)40(2,37)38/h3-13,16H,14-15H2,1-2H3,(H,33,34)(H,29,30,35)/t16-/m0/s1. The van der Waals surface area contributed by atoms with Crippen molar-refractivity contribution in [1.82, 2.24) is 19.1 Å². The summed E-state index contributed by atoms with van der Waals surface area (Å²) < 4.78 is 30.9. The first-order valence-electron chi connectivity index (χ1n) is 11.8. The van der Waals surface area contributed by atoms with Gasteiger partial charge in [0, 0.05) is 35.8 Å². The number of carboxylic acids is 1. The summed E-state index contributed by atoms with van der Waals surface area (Å²) in [5.74, 6) is -1.60. The van der Waals surface area contributed by atoms with Crippen molar-refractivity contribution in [2.45, 2.75) is 24.9 Å². The minimum Gasteiger partial charge on any atom is -0.481 e. The average Bonchev–Trinajstić information content (AvgIpc) is 2.90. The normalized spacial score (nSPS) is 12.1. The van der Waals surface area contributed by atoms with Gasteiger partial charge in [-0.15, -0.1) is 0 Å². The summed E-state index contributed by atoms with van der Waals surface area (Å²) in [5, 5.41) is 12.7. The number of hydrogen-bond donors (Lipinski definition) is 2. The van der Waals surface area contributed by atoms with E-state index in [1.54, 1.807) is 48.5 Å². The predicted molar refractivity (Wildman–Crippen MR) is 147 cm³/mol. The number of nitrogens with one attached hydrogen (secondary N) is 1. The Labute approximate surface area is 233 Å². The summed E-state index contributed by atoms with van der Waals surface area (Å²) in [7, 11) is -3.38. The van der Waals surface area contributed by atoms with Gasteiger partial charge in [0.05, 0.1) is 17.4 Å². The van der Waals surface area contributed by atoms with E-state index in [1.165, 1.54) is 29.8 Å². The van der Waals surface area contributed by atoms with Gasteiger partial charge < -0.3 is 15.2 Å². The number of benzene rings is 2. The molecular formula is C26H24ClN5O7S. The molecule has 12 nitrogen and oxygen atoms in total. The number of pyridine rings is 1. The van der Waals surface area contributed by atoms with Gasteiger partial charge in [-0.05, 0) is 48.0 Å². The lowest BCUT2D eigenvalue weighted by Gasteiger charge is -2.17. The summed E-state index contributed by atoms with van der Waals surface area (Å²) in [4.78, 5) is 45.5. The second-order valence-electron chi connectivity index (χ2n) is 8.92. The molecule has 2 N–H and O–H groups in total. The van der Waals surface area contributed by atoms with Gasteiger partial charge in [0.2, 0.25) is 11.8 Å². The number of carbonyl (C=O) groups is 1. The van der Waals surface area contributed by atoms with Crippen LogP contribution in [0.25, 0.3) is 0 Å². The van der Waals surface area contributed by atoms with Crippen molar-refractivity contribution in [3.63, 3.8) is 0 Å². The molecule has 2 aromatic carbocycles. The van der Waals surface area contributed by atoms with Gasteiger partial charge in [-0.2, -0.15) is 4.98 Å². The van der Waals surface area contributed by atoms with Crippen LogP contribution in [0.4, 0.5) is 11.6 Å². The molecule has 0 aliphatic rings. The van der Waals surface area contributed by atoms with Gasteiger partial charge in [-0.1, -0.05) is 30.7 Å². The molecule has 0 unspecified atom stereocenters. The molecule has 2 heterocycles. The second-order valence-corrected chi connectivity index (χ2v) is 11.4. The summed E-state index contributed by atoms with van der Waals surface area (Å²) >= 11 is 5.97. The van der Waals surface area contributed by atoms with Crippen LogP contribution >= 0.6 is 11.6 Å². The van der Waals surface area contributed by atoms with E-state index >= 15 is 0 Å². The Morgan fingerprint density at radius 3 is 2.30 bits per heavy atom. The van der Waals surface area contributed by atoms with Crippen LogP contribution in [-0.4, -0.2) is 44.9 Å². The van der Waals surface area contributed by atoms with Crippen LogP contribution in [0.1, 0.15) is 12.5 Å². The Morgan fingerprint density at radius 2 is 1.73 bits per heavy atom. The van der Waals surface area contributed by atoms with E-state index in [4.69, 9.17) is 16.3 Å². The molecule has 0 fully saturated rings. The van der Waals surface area contributed by atoms with E-state index in [0.29, 0.717) is 22.0 Å². The number of carboxylic acid groups (broad SMARTS) is 1. The zero-order valence-electron chi connectivity index (χ0n) is 21.3. The Kier molecular flexibility index (Phi) is 8.35. The van der Waals surface area contributed by atoms with Crippen molar-refractivity contribution in [2.24, 2.45) is 5.92 Å². The third-order valence-electron chi connectivity index (χ3n) is 5.75. The van der Waals surface area contributed by atoms with Crippen molar-refractivity contribution in [3.8, 4) is 11.6 Å². The first-order valence-corrected chi connectivity index (χ1v) is 14.1. The van der Waals surface area contributed by atoms with Gasteiger partial charge in [0.15, 0.2) is 9.84 Å². The molecule has 4 rings (SSSR count). The lowest BCUT2D eigenvalue weighted by Crippen LogP contribution is -2.44. The fourth-order valence-electron chi connectivity index (χ4n) is 3.55. The van der Waals surface area contributed by atoms with Gasteiger partial charge in [0.1, 0.15) is 5.75 Å². The van der Waals surface area contributed by atoms with Crippen molar-refractivity contribution in [2.75, 3.05) is 11.6 Å². The predicted octanol–water partition coefficient (Wildman–Crippen LogP) is 3.16. The van der Waals surface area contributed by atoms with Crippen LogP contribution in [0.5, 0.6) is 11.6 Å². The highest BCUT2D eigenvalue weighted by Crippen LogP contribution is 2.24. The molecular weight excluding hydrogens is 562 g/mol. The molecule has 2 aromatic heterocycles. The van der Waals surface area contributed by atoms with E-state index in [9.17, 15) is 27.9 Å². The molecule has 0 saturated heterocycles. The maximum Gasteiger partial charge on any atom is 0.354 e. The van der Waals surface area contributed by atoms with E-state index in [1.807, 2.05) is 0 Å². The van der Waals surface area contributed by atoms with Gasteiger partial charge in [-0.25, -0.2) is 27.6 Å². The number of rotatable bonds is 10. The van der Waals surface area contributed by atoms with Crippen LogP contribution in [0.3, 0.4) is 0 Å². The van der Waals surface area contributed by atoms with Crippen LogP contribution < -0.4 is 21.4 Å². The molecule has 0 aliphatic carbocycles. The van der Waals surface area contributed by atoms with Crippen molar-refractivity contribution < 1.29 is 23.1 Å². The first kappa shape index (κ1) is 28.5. The molecule has 4 aromatic rings. The molecule has 0 radical (unpaired) electrons. The van der Waals surface area contributed by atoms with E-state index < -0.39 is 33.1 Å². The van der Waals surface area contributed by atoms with E-state index in [0.717, 1.165) is 10.8 Å². The number of nitrogens with zero attached hydrogens (tertiary/aromatic N) is 4. The SMILES string of the molecule is C[C@@H](Cn1c(=O)nc(Nc2ccc(Oc3ccc(S(C)(=O)=O)cn3)cc2)n(Cc2ccc(Cl)cc2)c1=O)C(=O)O. The smallest absolute Gasteiger partial charge is 0.354 e. The number of ether oxygens (including phenoxy) is 1. The summed E-state index contributed by atoms with van der Waals surface area (Å²) in [5.41, 5.74) is -0.447. The Balaban J connectivity index is 1.61. The first-order chi connectivity index (χ1) is 18.9. The largest absolute Gasteiger partial charge is 0.481 e. The number of aliphatic carboxylic acids is 1. The molecule has 0 saturated carbocycles. The van der Waals surface area contributed by atoms with Crippen LogP contribution in [-0.2, 0) is 27.7 Å². The highest BCUT2D eigenvalue weighted by molar-refractivity contribution is 7.90. The van der Waals surface area contributed by atoms with Gasteiger partial charge in [0.25, 0.3) is 0 Å². The average molecular weight is 586 g/mol. The van der Waals surface area contributed by atoms with Gasteiger partial charge in [-0.3, -0.25) is 9.36 Å². The van der Waals surface area contributed by atoms with Crippen molar-refractivity contribution in [1.29, 1.82) is 0 Å². The summed E-state index contributed by atoms with van der Waals surface area (Å²) in [6, 6.07) is 16.0. The monoisotopic (exact) mass is 585 g/mol. The van der Waals surface area contributed by atoms with Crippen molar-refractivity contribution in [3.05, 3.63) is 98.4 Å². The van der Waals surface area contributed by atoms with Crippen molar-refractivity contribution >= 4 is 39.0 Å². The topological polar surface area (TPSA) is 162 Å². The second kappa shape index (κ2) is 11.7. The third kappa shape index (κ3) is 6.93. The van der Waals surface area contributed by atoms with E-state index in [-0.39, 0.29) is 29.8 Å². The molecule has 0 amide bonds. The minimum absolute atomic E-state index is 0.0312. The van der Waals surface area contributed by atoms with E-state index in [2.05, 4.69) is 15.3 Å². The Bertz CT molecular complexity index is 1750. The highest BCUT2D eigenvalue weighted by Gasteiger charge is 2.19. The quantitative estimate of drug-likeness (QED) is 0.282. The summed E-state index contributed by atoms with van der Waals surface area (Å²) in [6.45, 7) is 1.08. The Hall–Kier alpha value is -4.49. The maximum atomic E-state index is 13.3. The van der Waals surface area contributed by atoms with Gasteiger partial charge >= 0.3 is 17.3 Å². The molecule has 0 spiro atoms. The highest BCUT2D eigenvalue weighted by atomic mass is 35.5. The maximum absolute atomic E-state index is 13.3. The fourth-order valence-corrected chi connectivity index (χ4v) is 4.24. The van der Waals surface area contributed by atoms with Crippen LogP contribution in [0.2, 0.25) is 5.02 Å². The number of aromatic nitrogens is 4. The molecule has 40 heavy (non-hydrogen) atoms. The number of anilines is 2. The molecule has 1 atom stereocenters. The Morgan fingerprint density at radius 1 is 1.05 bits per heavy atom. The molecule has 0 bridgehead atoms. The number of halogens is 1. The molecule has 208 valence electrons. The zero-order chi connectivity index (χ0) is 29.0. The zero-order valence-corrected chi connectivity index (χ0v) is 22.9. The molecule has 0 aliphatic heterocycles. The fraction of sp³-hybridized carbons (Fsp3) is 0.192. The minimum atomic E-state index is -3.38. The summed E-state index contributed by atoms with van der Waals surface area (Å²) in [6.07, 6.45) is 2.28. The lowest BCUT2D eigenvalue weighted by atomic mass is 10.2. The van der Waals surface area contributed by atoms with Crippen LogP contribution in [0.15, 0.2) is 81.3 Å². The van der Waals surface area contributed by atoms with Crippen LogP contribution in [0, 0.1) is 5.92 Å². The molecule has 14 heteroatoms. The lowest BCUT2D eigenvalue weighted by molar-refractivity contribution is -0.141.